The van der Waals surface area contributed by atoms with Crippen LogP contribution in [0.4, 0.5) is 0 Å². The van der Waals surface area contributed by atoms with Gasteiger partial charge in [-0.25, -0.2) is 4.79 Å². The zero-order chi connectivity index (χ0) is 12.5. The first-order chi connectivity index (χ1) is 7.34. The van der Waals surface area contributed by atoms with Crippen molar-refractivity contribution < 1.29 is 20.5 Å². The molecule has 0 atom stereocenters. The van der Waals surface area contributed by atoms with Gasteiger partial charge in [-0.1, -0.05) is 33.8 Å². The van der Waals surface area contributed by atoms with E-state index in [1.807, 2.05) is 33.8 Å². The van der Waals surface area contributed by atoms with E-state index < -0.39 is 5.97 Å². The molecular formula is C13H20O4. The Morgan fingerprint density at radius 2 is 1.65 bits per heavy atom. The van der Waals surface area contributed by atoms with Gasteiger partial charge in [-0.05, 0) is 29.0 Å². The molecule has 0 aliphatic heterocycles. The van der Waals surface area contributed by atoms with Gasteiger partial charge in [0.05, 0.1) is 0 Å². The lowest BCUT2D eigenvalue weighted by Gasteiger charge is -2.15. The molecule has 1 rings (SSSR count). The molecule has 0 aromatic heterocycles. The molecule has 17 heavy (non-hydrogen) atoms. The van der Waals surface area contributed by atoms with Crippen LogP contribution >= 0.6 is 0 Å². The van der Waals surface area contributed by atoms with Crippen molar-refractivity contribution in [3.63, 3.8) is 0 Å². The summed E-state index contributed by atoms with van der Waals surface area (Å²) in [4.78, 5) is 11.0. The highest BCUT2D eigenvalue weighted by Gasteiger charge is 2.18. The molecular weight excluding hydrogens is 220 g/mol. The van der Waals surface area contributed by atoms with Crippen molar-refractivity contribution in [3.8, 4) is 5.75 Å². The van der Waals surface area contributed by atoms with E-state index in [4.69, 9.17) is 5.11 Å². The number of carbonyl (C=O) groups is 1. The van der Waals surface area contributed by atoms with Crippen LogP contribution in [0.2, 0.25) is 0 Å². The SMILES string of the molecule is CC(C)c1cc(C(=O)O)c(O)c(C(C)C)c1.O. The summed E-state index contributed by atoms with van der Waals surface area (Å²) < 4.78 is 0. The molecule has 4 N–H and O–H groups in total. The Morgan fingerprint density at radius 3 is 2.00 bits per heavy atom. The summed E-state index contributed by atoms with van der Waals surface area (Å²) in [6, 6.07) is 3.44. The monoisotopic (exact) mass is 240 g/mol. The maximum atomic E-state index is 11.0. The van der Waals surface area contributed by atoms with E-state index in [0.29, 0.717) is 5.56 Å². The van der Waals surface area contributed by atoms with E-state index in [1.165, 1.54) is 0 Å². The minimum absolute atomic E-state index is 0. The van der Waals surface area contributed by atoms with Gasteiger partial charge in [-0.3, -0.25) is 0 Å². The fourth-order valence-electron chi connectivity index (χ4n) is 1.62. The quantitative estimate of drug-likeness (QED) is 0.850. The lowest BCUT2D eigenvalue weighted by atomic mass is 9.92. The number of carboxylic acid groups (broad SMARTS) is 1. The number of carboxylic acids is 1. The van der Waals surface area contributed by atoms with Crippen LogP contribution in [0, 0.1) is 0 Å². The van der Waals surface area contributed by atoms with Gasteiger partial charge in [0.1, 0.15) is 11.3 Å². The average molecular weight is 240 g/mol. The van der Waals surface area contributed by atoms with Crippen LogP contribution in [0.3, 0.4) is 0 Å². The van der Waals surface area contributed by atoms with Crippen molar-refractivity contribution in [2.45, 2.75) is 39.5 Å². The maximum absolute atomic E-state index is 11.0. The smallest absolute Gasteiger partial charge is 0.339 e. The van der Waals surface area contributed by atoms with Crippen LogP contribution in [-0.4, -0.2) is 21.7 Å². The molecule has 0 amide bonds. The Labute approximate surface area is 101 Å². The molecule has 4 heteroatoms. The second-order valence-electron chi connectivity index (χ2n) is 4.62. The van der Waals surface area contributed by atoms with E-state index in [2.05, 4.69) is 0 Å². The summed E-state index contributed by atoms with van der Waals surface area (Å²) >= 11 is 0. The molecule has 0 aliphatic rings. The highest BCUT2D eigenvalue weighted by Crippen LogP contribution is 2.32. The van der Waals surface area contributed by atoms with E-state index in [9.17, 15) is 9.90 Å². The largest absolute Gasteiger partial charge is 0.507 e. The Morgan fingerprint density at radius 1 is 1.12 bits per heavy atom. The minimum Gasteiger partial charge on any atom is -0.507 e. The maximum Gasteiger partial charge on any atom is 0.339 e. The van der Waals surface area contributed by atoms with Crippen LogP contribution < -0.4 is 0 Å². The summed E-state index contributed by atoms with van der Waals surface area (Å²) in [5, 5.41) is 18.9. The molecule has 0 saturated heterocycles. The van der Waals surface area contributed by atoms with Crippen molar-refractivity contribution >= 4 is 5.97 Å². The Kier molecular flexibility index (Phi) is 5.16. The predicted molar refractivity (Wildman–Crippen MR) is 66.9 cm³/mol. The molecule has 0 unspecified atom stereocenters. The normalized spacial score (nSPS) is 10.5. The second kappa shape index (κ2) is 5.68. The summed E-state index contributed by atoms with van der Waals surface area (Å²) in [6.45, 7) is 7.87. The van der Waals surface area contributed by atoms with Crippen LogP contribution in [0.25, 0.3) is 0 Å². The van der Waals surface area contributed by atoms with Gasteiger partial charge in [0.25, 0.3) is 0 Å². The third kappa shape index (κ3) is 3.20. The molecule has 0 fully saturated rings. The van der Waals surface area contributed by atoms with Gasteiger partial charge < -0.3 is 15.7 Å². The number of rotatable bonds is 3. The standard InChI is InChI=1S/C13H18O3.H2O/c1-7(2)9-5-10(8(3)4)12(14)11(6-9)13(15)16;/h5-8,14H,1-4H3,(H,15,16);1H2. The van der Waals surface area contributed by atoms with Crippen molar-refractivity contribution in [2.75, 3.05) is 0 Å². The van der Waals surface area contributed by atoms with Gasteiger partial charge in [0, 0.05) is 0 Å². The summed E-state index contributed by atoms with van der Waals surface area (Å²) in [5.41, 5.74) is 1.64. The van der Waals surface area contributed by atoms with Crippen LogP contribution in [-0.2, 0) is 0 Å². The predicted octanol–water partition coefficient (Wildman–Crippen LogP) is 2.51. The van der Waals surface area contributed by atoms with Gasteiger partial charge in [-0.2, -0.15) is 0 Å². The van der Waals surface area contributed by atoms with Gasteiger partial charge >= 0.3 is 5.97 Å². The van der Waals surface area contributed by atoms with Crippen molar-refractivity contribution in [2.24, 2.45) is 0 Å². The molecule has 0 spiro atoms. The minimum atomic E-state index is -1.08. The highest BCUT2D eigenvalue weighted by molar-refractivity contribution is 5.91. The topological polar surface area (TPSA) is 89.0 Å². The average Bonchev–Trinajstić information content (AvgIpc) is 2.16. The number of hydrogen-bond donors (Lipinski definition) is 2. The van der Waals surface area contributed by atoms with Crippen molar-refractivity contribution in [3.05, 3.63) is 28.8 Å². The number of aromatic carboxylic acids is 1. The molecule has 0 heterocycles. The van der Waals surface area contributed by atoms with E-state index in [1.54, 1.807) is 6.07 Å². The van der Waals surface area contributed by atoms with Gasteiger partial charge in [0.15, 0.2) is 0 Å². The van der Waals surface area contributed by atoms with E-state index in [0.717, 1.165) is 5.56 Å². The summed E-state index contributed by atoms with van der Waals surface area (Å²) in [6.07, 6.45) is 0. The number of hydrogen-bond acceptors (Lipinski definition) is 2. The Hall–Kier alpha value is -1.55. The fourth-order valence-corrected chi connectivity index (χ4v) is 1.62. The summed E-state index contributed by atoms with van der Waals surface area (Å²) in [7, 11) is 0. The first-order valence-electron chi connectivity index (χ1n) is 5.44. The Bertz CT molecular complexity index is 408. The molecule has 4 nitrogen and oxygen atoms in total. The molecule has 0 aliphatic carbocycles. The van der Waals surface area contributed by atoms with E-state index in [-0.39, 0.29) is 28.6 Å². The fraction of sp³-hybridized carbons (Fsp3) is 0.462. The van der Waals surface area contributed by atoms with Gasteiger partial charge in [-0.15, -0.1) is 0 Å². The zero-order valence-electron chi connectivity index (χ0n) is 10.6. The lowest BCUT2D eigenvalue weighted by Crippen LogP contribution is -2.03. The first-order valence-corrected chi connectivity index (χ1v) is 5.44. The summed E-state index contributed by atoms with van der Waals surface area (Å²) in [5.74, 6) is -0.832. The van der Waals surface area contributed by atoms with Crippen LogP contribution in [0.5, 0.6) is 5.75 Å². The zero-order valence-corrected chi connectivity index (χ0v) is 10.6. The number of aromatic hydroxyl groups is 1. The van der Waals surface area contributed by atoms with E-state index >= 15 is 0 Å². The Balaban J connectivity index is 0.00000256. The number of phenols is 1. The van der Waals surface area contributed by atoms with Gasteiger partial charge in [0.2, 0.25) is 0 Å². The molecule has 0 bridgehead atoms. The molecule has 96 valence electrons. The third-order valence-electron chi connectivity index (χ3n) is 2.68. The van der Waals surface area contributed by atoms with Crippen LogP contribution in [0.1, 0.15) is 61.0 Å². The molecule has 0 radical (unpaired) electrons. The molecule has 1 aromatic carbocycles. The van der Waals surface area contributed by atoms with Crippen molar-refractivity contribution in [1.82, 2.24) is 0 Å². The lowest BCUT2D eigenvalue weighted by molar-refractivity contribution is 0.0693. The molecule has 1 aromatic rings. The van der Waals surface area contributed by atoms with Crippen molar-refractivity contribution in [1.29, 1.82) is 0 Å². The second-order valence-corrected chi connectivity index (χ2v) is 4.62. The first kappa shape index (κ1) is 15.4. The highest BCUT2D eigenvalue weighted by atomic mass is 16.4. The number of benzene rings is 1. The molecule has 0 saturated carbocycles. The third-order valence-corrected chi connectivity index (χ3v) is 2.68. The van der Waals surface area contributed by atoms with Crippen LogP contribution in [0.15, 0.2) is 12.1 Å².